The normalized spacial score (nSPS) is 27.8. The third-order valence-electron chi connectivity index (χ3n) is 8.02. The van der Waals surface area contributed by atoms with Crippen LogP contribution in [0.5, 0.6) is 5.75 Å². The Morgan fingerprint density at radius 1 is 1.06 bits per heavy atom. The summed E-state index contributed by atoms with van der Waals surface area (Å²) in [5.41, 5.74) is 1.46. The molecule has 4 unspecified atom stereocenters. The predicted molar refractivity (Wildman–Crippen MR) is 130 cm³/mol. The van der Waals surface area contributed by atoms with Crippen molar-refractivity contribution in [2.75, 3.05) is 27.2 Å². The number of carbonyl (C=O) groups excluding carboxylic acids is 1. The number of hydrogen-bond acceptors (Lipinski definition) is 4. The zero-order chi connectivity index (χ0) is 23.2. The number of aromatic hydroxyl groups is 1. The van der Waals surface area contributed by atoms with Crippen molar-refractivity contribution in [1.82, 2.24) is 9.80 Å². The zero-order valence-electron chi connectivity index (χ0n) is 19.3. The van der Waals surface area contributed by atoms with E-state index in [0.29, 0.717) is 12.0 Å². The molecule has 1 amide bonds. The molecule has 2 fully saturated rings. The topological polar surface area (TPSA) is 64.0 Å². The van der Waals surface area contributed by atoms with E-state index in [4.69, 9.17) is 0 Å². The first-order valence-electron chi connectivity index (χ1n) is 11.8. The van der Waals surface area contributed by atoms with Gasteiger partial charge < -0.3 is 20.0 Å². The number of amides is 1. The van der Waals surface area contributed by atoms with E-state index < -0.39 is 6.10 Å². The lowest BCUT2D eigenvalue weighted by Gasteiger charge is -2.55. The van der Waals surface area contributed by atoms with Crippen LogP contribution in [0.2, 0.25) is 0 Å². The minimum Gasteiger partial charge on any atom is -0.508 e. The van der Waals surface area contributed by atoms with Crippen LogP contribution in [0.4, 0.5) is 0 Å². The van der Waals surface area contributed by atoms with Crippen LogP contribution in [-0.4, -0.2) is 65.3 Å². The van der Waals surface area contributed by atoms with Crippen molar-refractivity contribution in [3.8, 4) is 5.75 Å². The predicted octanol–water partition coefficient (Wildman–Crippen LogP) is 4.03. The van der Waals surface area contributed by atoms with Crippen LogP contribution >= 0.6 is 0 Å². The Bertz CT molecular complexity index is 1180. The van der Waals surface area contributed by atoms with Crippen molar-refractivity contribution in [1.29, 1.82) is 0 Å². The molecule has 0 bridgehead atoms. The average molecular weight is 445 g/mol. The van der Waals surface area contributed by atoms with Gasteiger partial charge in [-0.2, -0.15) is 0 Å². The van der Waals surface area contributed by atoms with Gasteiger partial charge in [0, 0.05) is 36.5 Å². The van der Waals surface area contributed by atoms with Crippen molar-refractivity contribution in [2.45, 2.75) is 36.8 Å². The fraction of sp³-hybridized carbons (Fsp3) is 0.393. The van der Waals surface area contributed by atoms with E-state index in [1.807, 2.05) is 66.5 Å². The van der Waals surface area contributed by atoms with E-state index in [0.717, 1.165) is 42.3 Å². The van der Waals surface area contributed by atoms with Gasteiger partial charge in [-0.25, -0.2) is 0 Å². The number of aliphatic hydroxyl groups is 1. The van der Waals surface area contributed by atoms with Crippen LogP contribution in [0.15, 0.2) is 66.7 Å². The van der Waals surface area contributed by atoms with Crippen LogP contribution in [0.1, 0.15) is 35.2 Å². The number of phenolic OH excluding ortho intramolecular Hbond substituents is 1. The highest BCUT2D eigenvalue weighted by Gasteiger charge is 2.52. The minimum atomic E-state index is -0.513. The smallest absolute Gasteiger partial charge is 0.253 e. The van der Waals surface area contributed by atoms with E-state index in [1.54, 1.807) is 6.07 Å². The summed E-state index contributed by atoms with van der Waals surface area (Å²) in [5.74, 6) is 0.297. The number of hydrogen-bond donors (Lipinski definition) is 2. The number of nitrogens with zero attached hydrogens (tertiary/aromatic N) is 2. The van der Waals surface area contributed by atoms with Gasteiger partial charge in [0.15, 0.2) is 0 Å². The summed E-state index contributed by atoms with van der Waals surface area (Å²) in [6, 6.07) is 21.3. The Labute approximate surface area is 195 Å². The number of fused-ring (bicyclic) bond motifs is 2. The van der Waals surface area contributed by atoms with Gasteiger partial charge in [0.25, 0.3) is 5.91 Å². The van der Waals surface area contributed by atoms with Gasteiger partial charge in [-0.1, -0.05) is 42.5 Å². The Morgan fingerprint density at radius 3 is 2.64 bits per heavy atom. The third kappa shape index (κ3) is 3.90. The van der Waals surface area contributed by atoms with Crippen LogP contribution < -0.4 is 0 Å². The summed E-state index contributed by atoms with van der Waals surface area (Å²) in [5, 5.41) is 23.7. The molecule has 33 heavy (non-hydrogen) atoms. The molecule has 5 rings (SSSR count). The molecule has 0 spiro atoms. The molecule has 172 valence electrons. The van der Waals surface area contributed by atoms with E-state index in [1.165, 1.54) is 0 Å². The van der Waals surface area contributed by atoms with Crippen LogP contribution in [0.3, 0.4) is 0 Å². The number of piperidine rings is 1. The van der Waals surface area contributed by atoms with E-state index >= 15 is 0 Å². The first-order chi connectivity index (χ1) is 15.9. The second-order valence-corrected chi connectivity index (χ2v) is 9.96. The van der Waals surface area contributed by atoms with Crippen molar-refractivity contribution < 1.29 is 15.0 Å². The number of carbonyl (C=O) groups is 1. The van der Waals surface area contributed by atoms with Crippen LogP contribution in [-0.2, 0) is 5.41 Å². The molecule has 2 aliphatic rings. The maximum absolute atomic E-state index is 13.5. The molecular formula is C28H32N2O3. The Hall–Kier alpha value is -2.89. The fourth-order valence-corrected chi connectivity index (χ4v) is 6.15. The molecule has 1 heterocycles. The number of aliphatic hydroxyl groups excluding tert-OH is 1. The summed E-state index contributed by atoms with van der Waals surface area (Å²) in [7, 11) is 3.96. The van der Waals surface area contributed by atoms with Crippen molar-refractivity contribution in [3.05, 3.63) is 77.9 Å². The summed E-state index contributed by atoms with van der Waals surface area (Å²) in [6.07, 6.45) is 1.72. The standard InChI is InChI=1S/C28H32N2O3/c1-29-13-12-28(22-8-5-9-24(31)15-22)17-23(16-26(32)25(28)18-29)30(2)27(33)21-11-10-19-6-3-4-7-20(19)14-21/h3-11,14-15,23,25-26,31-32H,12-13,16-18H2,1-2H3. The summed E-state index contributed by atoms with van der Waals surface area (Å²) >= 11 is 0. The molecule has 1 aliphatic heterocycles. The highest BCUT2D eigenvalue weighted by Crippen LogP contribution is 2.50. The highest BCUT2D eigenvalue weighted by atomic mass is 16.3. The minimum absolute atomic E-state index is 0.0182. The molecular weight excluding hydrogens is 412 g/mol. The lowest BCUT2D eigenvalue weighted by atomic mass is 9.57. The van der Waals surface area contributed by atoms with Gasteiger partial charge >= 0.3 is 0 Å². The third-order valence-corrected chi connectivity index (χ3v) is 8.02. The zero-order valence-corrected chi connectivity index (χ0v) is 19.3. The van der Waals surface area contributed by atoms with Crippen LogP contribution in [0, 0.1) is 5.92 Å². The largest absolute Gasteiger partial charge is 0.508 e. The Balaban J connectivity index is 1.47. The maximum Gasteiger partial charge on any atom is 0.253 e. The molecule has 1 saturated carbocycles. The van der Waals surface area contributed by atoms with Crippen molar-refractivity contribution >= 4 is 16.7 Å². The average Bonchev–Trinajstić information content (AvgIpc) is 2.83. The molecule has 5 heteroatoms. The molecule has 0 aromatic heterocycles. The number of rotatable bonds is 3. The van der Waals surface area contributed by atoms with Crippen molar-refractivity contribution in [2.24, 2.45) is 5.92 Å². The monoisotopic (exact) mass is 444 g/mol. The second kappa shape index (κ2) is 8.47. The highest BCUT2D eigenvalue weighted by molar-refractivity contribution is 5.98. The van der Waals surface area contributed by atoms with E-state index in [9.17, 15) is 15.0 Å². The summed E-state index contributed by atoms with van der Waals surface area (Å²) in [6.45, 7) is 1.74. The molecule has 3 aromatic carbocycles. The molecule has 5 nitrogen and oxygen atoms in total. The van der Waals surface area contributed by atoms with Gasteiger partial charge in [0.2, 0.25) is 0 Å². The quantitative estimate of drug-likeness (QED) is 0.640. The maximum atomic E-state index is 13.5. The molecule has 2 N–H and O–H groups in total. The molecule has 1 saturated heterocycles. The molecule has 0 radical (unpaired) electrons. The summed E-state index contributed by atoms with van der Waals surface area (Å²) < 4.78 is 0. The molecule has 3 aromatic rings. The van der Waals surface area contributed by atoms with Crippen molar-refractivity contribution in [3.63, 3.8) is 0 Å². The number of benzene rings is 3. The SMILES string of the molecule is CN1CCC2(c3cccc(O)c3)CC(N(C)C(=O)c3ccc4ccccc4c3)CC(O)C2C1. The van der Waals surface area contributed by atoms with Gasteiger partial charge in [0.05, 0.1) is 6.10 Å². The number of phenols is 1. The Morgan fingerprint density at radius 2 is 1.85 bits per heavy atom. The first-order valence-corrected chi connectivity index (χ1v) is 11.8. The van der Waals surface area contributed by atoms with Crippen LogP contribution in [0.25, 0.3) is 10.8 Å². The van der Waals surface area contributed by atoms with Gasteiger partial charge in [-0.3, -0.25) is 4.79 Å². The number of likely N-dealkylation sites (tertiary alicyclic amines) is 1. The molecule has 4 atom stereocenters. The lowest BCUT2D eigenvalue weighted by Crippen LogP contribution is -2.60. The van der Waals surface area contributed by atoms with Gasteiger partial charge in [-0.05, 0) is 73.5 Å². The fourth-order valence-electron chi connectivity index (χ4n) is 6.15. The van der Waals surface area contributed by atoms with E-state index in [2.05, 4.69) is 18.0 Å². The second-order valence-electron chi connectivity index (χ2n) is 9.96. The first kappa shape index (κ1) is 21.9. The summed E-state index contributed by atoms with van der Waals surface area (Å²) in [4.78, 5) is 17.6. The van der Waals surface area contributed by atoms with Gasteiger partial charge in [-0.15, -0.1) is 0 Å². The lowest BCUT2D eigenvalue weighted by molar-refractivity contribution is -0.0566. The Kier molecular flexibility index (Phi) is 5.63. The van der Waals surface area contributed by atoms with E-state index in [-0.39, 0.29) is 29.0 Å². The van der Waals surface area contributed by atoms with Gasteiger partial charge in [0.1, 0.15) is 5.75 Å². The molecule has 1 aliphatic carbocycles.